The van der Waals surface area contributed by atoms with Gasteiger partial charge in [0.1, 0.15) is 0 Å². The van der Waals surface area contributed by atoms with E-state index in [0.29, 0.717) is 0 Å². The molecule has 0 radical (unpaired) electrons. The Labute approximate surface area is 91.4 Å². The van der Waals surface area contributed by atoms with Crippen LogP contribution in [0.2, 0.25) is 0 Å². The van der Waals surface area contributed by atoms with E-state index in [-0.39, 0.29) is 0 Å². The Kier molecular flexibility index (Phi) is 3.27. The fourth-order valence-electron chi connectivity index (χ4n) is 2.35. The molecule has 0 nitrogen and oxygen atoms in total. The zero-order valence-corrected chi connectivity index (χ0v) is 10.1. The first kappa shape index (κ1) is 10.2. The highest BCUT2D eigenvalue weighted by molar-refractivity contribution is 7.12. The Balaban J connectivity index is 2.01. The largest absolute Gasteiger partial charge is 0.145 e. The van der Waals surface area contributed by atoms with Crippen LogP contribution in [0.15, 0.2) is 12.1 Å². The lowest BCUT2D eigenvalue weighted by molar-refractivity contribution is 0.350. The van der Waals surface area contributed by atoms with Crippen LogP contribution in [0.3, 0.4) is 0 Å². The molecule has 0 atom stereocenters. The van der Waals surface area contributed by atoms with E-state index in [0.717, 1.165) is 11.8 Å². The molecule has 1 aromatic rings. The predicted octanol–water partition coefficient (Wildman–Crippen LogP) is 4.60. The first-order valence-electron chi connectivity index (χ1n) is 5.88. The lowest BCUT2D eigenvalue weighted by atomic mass is 9.82. The zero-order chi connectivity index (χ0) is 9.97. The van der Waals surface area contributed by atoms with Gasteiger partial charge in [0, 0.05) is 9.75 Å². The van der Waals surface area contributed by atoms with Crippen molar-refractivity contribution in [1.29, 1.82) is 0 Å². The Hall–Kier alpha value is -0.300. The summed E-state index contributed by atoms with van der Waals surface area (Å²) in [6, 6.07) is 4.68. The van der Waals surface area contributed by atoms with Crippen molar-refractivity contribution in [2.75, 3.05) is 0 Å². The van der Waals surface area contributed by atoms with Gasteiger partial charge < -0.3 is 0 Å². The average Bonchev–Trinajstić information content (AvgIpc) is 2.67. The third-order valence-corrected chi connectivity index (χ3v) is 4.84. The summed E-state index contributed by atoms with van der Waals surface area (Å²) in [6.07, 6.45) is 6.91. The molecule has 0 unspecified atom stereocenters. The molecule has 1 fully saturated rings. The van der Waals surface area contributed by atoms with E-state index >= 15 is 0 Å². The Morgan fingerprint density at radius 2 is 1.93 bits per heavy atom. The summed E-state index contributed by atoms with van der Waals surface area (Å²) in [5, 5.41) is 0. The minimum absolute atomic E-state index is 0.886. The van der Waals surface area contributed by atoms with Crippen molar-refractivity contribution in [1.82, 2.24) is 0 Å². The van der Waals surface area contributed by atoms with Crippen LogP contribution in [0.5, 0.6) is 0 Å². The van der Waals surface area contributed by atoms with Crippen LogP contribution in [0, 0.1) is 5.92 Å². The normalized spacial score (nSPS) is 27.9. The van der Waals surface area contributed by atoms with Crippen LogP contribution in [0.4, 0.5) is 0 Å². The van der Waals surface area contributed by atoms with E-state index in [2.05, 4.69) is 26.0 Å². The van der Waals surface area contributed by atoms with Crippen molar-refractivity contribution < 1.29 is 0 Å². The summed E-state index contributed by atoms with van der Waals surface area (Å²) in [5.74, 6) is 1.85. The van der Waals surface area contributed by atoms with Crippen LogP contribution < -0.4 is 0 Å². The average molecular weight is 208 g/mol. The molecule has 0 aliphatic heterocycles. The quantitative estimate of drug-likeness (QED) is 0.666. The molecule has 0 amide bonds. The Morgan fingerprint density at radius 1 is 1.21 bits per heavy atom. The third kappa shape index (κ3) is 2.20. The van der Waals surface area contributed by atoms with E-state index in [1.165, 1.54) is 32.1 Å². The summed E-state index contributed by atoms with van der Waals surface area (Å²) < 4.78 is 0. The summed E-state index contributed by atoms with van der Waals surface area (Å²) in [4.78, 5) is 3.20. The molecule has 1 saturated carbocycles. The van der Waals surface area contributed by atoms with Gasteiger partial charge in [-0.1, -0.05) is 26.7 Å². The van der Waals surface area contributed by atoms with Crippen LogP contribution in [-0.4, -0.2) is 0 Å². The fraction of sp³-hybridized carbons (Fsp3) is 0.692. The van der Waals surface area contributed by atoms with Crippen molar-refractivity contribution in [2.24, 2.45) is 5.92 Å². The van der Waals surface area contributed by atoms with Crippen molar-refractivity contribution in [3.8, 4) is 0 Å². The predicted molar refractivity (Wildman–Crippen MR) is 64.1 cm³/mol. The molecule has 0 aromatic carbocycles. The maximum Gasteiger partial charge on any atom is 0.00791 e. The van der Waals surface area contributed by atoms with E-state index in [1.54, 1.807) is 9.75 Å². The Morgan fingerprint density at radius 3 is 2.50 bits per heavy atom. The standard InChI is InChI=1S/C13H20S/c1-3-12-8-9-13(14-12)11-6-4-10(2)5-7-11/h8-11H,3-7H2,1-2H3/t10-,11-. The lowest BCUT2D eigenvalue weighted by Gasteiger charge is -2.25. The number of thiophene rings is 1. The third-order valence-electron chi connectivity index (χ3n) is 3.45. The molecule has 1 aliphatic carbocycles. The number of hydrogen-bond donors (Lipinski definition) is 0. The molecular weight excluding hydrogens is 188 g/mol. The molecule has 0 saturated heterocycles. The minimum Gasteiger partial charge on any atom is -0.145 e. The molecule has 0 bridgehead atoms. The van der Waals surface area contributed by atoms with E-state index in [1.807, 2.05) is 11.3 Å². The van der Waals surface area contributed by atoms with E-state index < -0.39 is 0 Å². The second-order valence-electron chi connectivity index (χ2n) is 4.61. The zero-order valence-electron chi connectivity index (χ0n) is 9.25. The molecule has 0 spiro atoms. The number of aryl methyl sites for hydroxylation is 1. The summed E-state index contributed by atoms with van der Waals surface area (Å²) in [7, 11) is 0. The molecule has 1 aromatic heterocycles. The van der Waals surface area contributed by atoms with E-state index in [9.17, 15) is 0 Å². The van der Waals surface area contributed by atoms with Gasteiger partial charge in [0.2, 0.25) is 0 Å². The van der Waals surface area contributed by atoms with Gasteiger partial charge in [0.25, 0.3) is 0 Å². The molecule has 1 heteroatoms. The van der Waals surface area contributed by atoms with Crippen LogP contribution in [0.1, 0.15) is 55.2 Å². The smallest absolute Gasteiger partial charge is 0.00791 e. The summed E-state index contributed by atoms with van der Waals surface area (Å²) in [5.41, 5.74) is 0. The van der Waals surface area contributed by atoms with Gasteiger partial charge in [0.15, 0.2) is 0 Å². The molecule has 0 N–H and O–H groups in total. The van der Waals surface area contributed by atoms with Gasteiger partial charge in [-0.3, -0.25) is 0 Å². The van der Waals surface area contributed by atoms with Crippen LogP contribution >= 0.6 is 11.3 Å². The van der Waals surface area contributed by atoms with Gasteiger partial charge in [-0.15, -0.1) is 11.3 Å². The van der Waals surface area contributed by atoms with Crippen molar-refractivity contribution in [2.45, 2.75) is 51.9 Å². The molecule has 1 heterocycles. The second-order valence-corrected chi connectivity index (χ2v) is 5.81. The van der Waals surface area contributed by atoms with Crippen LogP contribution in [-0.2, 0) is 6.42 Å². The first-order valence-corrected chi connectivity index (χ1v) is 6.70. The fourth-order valence-corrected chi connectivity index (χ4v) is 3.47. The van der Waals surface area contributed by atoms with Crippen molar-refractivity contribution >= 4 is 11.3 Å². The van der Waals surface area contributed by atoms with E-state index in [4.69, 9.17) is 0 Å². The summed E-state index contributed by atoms with van der Waals surface area (Å²) in [6.45, 7) is 4.64. The molecule has 1 aliphatic rings. The highest BCUT2D eigenvalue weighted by atomic mass is 32.1. The van der Waals surface area contributed by atoms with Crippen LogP contribution in [0.25, 0.3) is 0 Å². The highest BCUT2D eigenvalue weighted by Gasteiger charge is 2.20. The minimum atomic E-state index is 0.886. The Bertz CT molecular complexity index is 279. The topological polar surface area (TPSA) is 0 Å². The van der Waals surface area contributed by atoms with Gasteiger partial charge in [-0.05, 0) is 43.2 Å². The van der Waals surface area contributed by atoms with Gasteiger partial charge >= 0.3 is 0 Å². The summed E-state index contributed by atoms with van der Waals surface area (Å²) >= 11 is 2.04. The molecule has 14 heavy (non-hydrogen) atoms. The first-order chi connectivity index (χ1) is 6.79. The number of rotatable bonds is 2. The van der Waals surface area contributed by atoms with Gasteiger partial charge in [0.05, 0.1) is 0 Å². The van der Waals surface area contributed by atoms with Crippen molar-refractivity contribution in [3.63, 3.8) is 0 Å². The lowest BCUT2D eigenvalue weighted by Crippen LogP contribution is -2.09. The molecule has 78 valence electrons. The molecular formula is C13H20S. The maximum atomic E-state index is 2.39. The highest BCUT2D eigenvalue weighted by Crippen LogP contribution is 2.38. The molecule has 2 rings (SSSR count). The van der Waals surface area contributed by atoms with Crippen molar-refractivity contribution in [3.05, 3.63) is 21.9 Å². The maximum absolute atomic E-state index is 2.39. The number of hydrogen-bond acceptors (Lipinski definition) is 1. The SMILES string of the molecule is CCc1ccc([C@H]2CC[C@H](C)CC2)s1. The monoisotopic (exact) mass is 208 g/mol. The van der Waals surface area contributed by atoms with Gasteiger partial charge in [-0.2, -0.15) is 0 Å². The second kappa shape index (κ2) is 4.48. The van der Waals surface area contributed by atoms with Gasteiger partial charge in [-0.25, -0.2) is 0 Å².